The molecule has 78 valence electrons. The summed E-state index contributed by atoms with van der Waals surface area (Å²) in [6.45, 7) is 1.81. The van der Waals surface area contributed by atoms with Gasteiger partial charge in [0.05, 0.1) is 12.2 Å². The highest BCUT2D eigenvalue weighted by atomic mass is 35.5. The van der Waals surface area contributed by atoms with Crippen LogP contribution in [0, 0.1) is 0 Å². The smallest absolute Gasteiger partial charge is 0.420 e. The van der Waals surface area contributed by atoms with Crippen LogP contribution in [0.4, 0.5) is 13.2 Å². The van der Waals surface area contributed by atoms with Gasteiger partial charge in [-0.25, -0.2) is 0 Å². The molecule has 0 spiro atoms. The second kappa shape index (κ2) is 4.09. The number of halogens is 4. The molecule has 5 heteroatoms. The van der Waals surface area contributed by atoms with Gasteiger partial charge in [0.15, 0.2) is 0 Å². The van der Waals surface area contributed by atoms with Crippen LogP contribution in [0.5, 0.6) is 5.75 Å². The van der Waals surface area contributed by atoms with Crippen LogP contribution in [0.1, 0.15) is 12.5 Å². The predicted octanol–water partition coefficient (Wildman–Crippen LogP) is 3.76. The summed E-state index contributed by atoms with van der Waals surface area (Å²) in [6, 6.07) is 3.43. The fraction of sp³-hybridized carbons (Fsp3) is 0.333. The van der Waals surface area contributed by atoms with Gasteiger partial charge in [-0.05, 0) is 25.1 Å². The van der Waals surface area contributed by atoms with Crippen molar-refractivity contribution in [3.8, 4) is 5.75 Å². The topological polar surface area (TPSA) is 9.23 Å². The molecule has 0 atom stereocenters. The Morgan fingerprint density at radius 2 is 2.00 bits per heavy atom. The zero-order valence-electron chi connectivity index (χ0n) is 7.36. The number of ether oxygens (including phenoxy) is 1. The van der Waals surface area contributed by atoms with E-state index < -0.39 is 11.7 Å². The molecule has 0 aliphatic carbocycles. The van der Waals surface area contributed by atoms with E-state index in [1.54, 1.807) is 6.92 Å². The minimum atomic E-state index is -4.44. The molecule has 1 aromatic carbocycles. The molecule has 1 aromatic rings. The van der Waals surface area contributed by atoms with Crippen molar-refractivity contribution in [2.24, 2.45) is 0 Å². The van der Waals surface area contributed by atoms with Crippen molar-refractivity contribution in [3.05, 3.63) is 28.8 Å². The van der Waals surface area contributed by atoms with Crippen molar-refractivity contribution in [2.45, 2.75) is 13.1 Å². The van der Waals surface area contributed by atoms with E-state index in [2.05, 4.69) is 0 Å². The Kier molecular flexibility index (Phi) is 3.26. The summed E-state index contributed by atoms with van der Waals surface area (Å²) < 4.78 is 42.1. The average Bonchev–Trinajstić information content (AvgIpc) is 2.07. The normalized spacial score (nSPS) is 11.5. The lowest BCUT2D eigenvalue weighted by Gasteiger charge is -2.12. The molecule has 0 aliphatic heterocycles. The van der Waals surface area contributed by atoms with Gasteiger partial charge >= 0.3 is 6.18 Å². The third-order valence-electron chi connectivity index (χ3n) is 1.55. The predicted molar refractivity (Wildman–Crippen MR) is 47.6 cm³/mol. The van der Waals surface area contributed by atoms with E-state index in [0.29, 0.717) is 0 Å². The van der Waals surface area contributed by atoms with E-state index >= 15 is 0 Å². The number of hydrogen-bond donors (Lipinski definition) is 0. The minimum absolute atomic E-state index is 0.0424. The Hall–Kier alpha value is -0.900. The van der Waals surface area contributed by atoms with Crippen LogP contribution in [0.15, 0.2) is 18.2 Å². The fourth-order valence-corrected chi connectivity index (χ4v) is 1.18. The van der Waals surface area contributed by atoms with Gasteiger partial charge in [0.1, 0.15) is 5.75 Å². The Morgan fingerprint density at radius 1 is 1.36 bits per heavy atom. The zero-order valence-corrected chi connectivity index (χ0v) is 8.12. The van der Waals surface area contributed by atoms with Gasteiger partial charge in [-0.3, -0.25) is 0 Å². The van der Waals surface area contributed by atoms with Crippen molar-refractivity contribution in [3.63, 3.8) is 0 Å². The van der Waals surface area contributed by atoms with Crippen molar-refractivity contribution in [1.82, 2.24) is 0 Å². The summed E-state index contributed by atoms with van der Waals surface area (Å²) >= 11 is 5.47. The first kappa shape index (κ1) is 11.2. The van der Waals surface area contributed by atoms with Crippen LogP contribution >= 0.6 is 11.6 Å². The summed E-state index contributed by atoms with van der Waals surface area (Å²) in [7, 11) is 0. The number of alkyl halides is 3. The molecule has 1 rings (SSSR count). The molecule has 14 heavy (non-hydrogen) atoms. The summed E-state index contributed by atoms with van der Waals surface area (Å²) in [5.74, 6) is -0.190. The van der Waals surface area contributed by atoms with Crippen LogP contribution in [0.25, 0.3) is 0 Å². The summed E-state index contributed by atoms with van der Waals surface area (Å²) in [5, 5.41) is 0.0424. The Labute approximate surface area is 84.4 Å². The first-order valence-electron chi connectivity index (χ1n) is 3.94. The van der Waals surface area contributed by atoms with Crippen LogP contribution in [-0.4, -0.2) is 6.61 Å². The first-order valence-corrected chi connectivity index (χ1v) is 4.32. The maximum Gasteiger partial charge on any atom is 0.420 e. The summed E-state index contributed by atoms with van der Waals surface area (Å²) in [5.41, 5.74) is -0.841. The summed E-state index contributed by atoms with van der Waals surface area (Å²) in [6.07, 6.45) is -4.44. The number of hydrogen-bond acceptors (Lipinski definition) is 1. The molecule has 0 heterocycles. The van der Waals surface area contributed by atoms with Crippen LogP contribution in [0.3, 0.4) is 0 Å². The summed E-state index contributed by atoms with van der Waals surface area (Å²) in [4.78, 5) is 0. The highest BCUT2D eigenvalue weighted by Gasteiger charge is 2.34. The van der Waals surface area contributed by atoms with Gasteiger partial charge in [0.2, 0.25) is 0 Å². The van der Waals surface area contributed by atoms with Crippen molar-refractivity contribution >= 4 is 11.6 Å². The van der Waals surface area contributed by atoms with E-state index in [-0.39, 0.29) is 17.4 Å². The van der Waals surface area contributed by atoms with Crippen LogP contribution in [-0.2, 0) is 6.18 Å². The quantitative estimate of drug-likeness (QED) is 0.743. The number of rotatable bonds is 2. The lowest BCUT2D eigenvalue weighted by molar-refractivity contribution is -0.138. The molecule has 0 aromatic heterocycles. The number of benzene rings is 1. The van der Waals surface area contributed by atoms with Gasteiger partial charge in [-0.15, -0.1) is 0 Å². The van der Waals surface area contributed by atoms with Crippen molar-refractivity contribution in [1.29, 1.82) is 0 Å². The molecule has 0 N–H and O–H groups in total. The maximum atomic E-state index is 12.4. The molecule has 0 fully saturated rings. The highest BCUT2D eigenvalue weighted by molar-refractivity contribution is 6.30. The monoisotopic (exact) mass is 224 g/mol. The fourth-order valence-electron chi connectivity index (χ4n) is 1.01. The van der Waals surface area contributed by atoms with Crippen molar-refractivity contribution in [2.75, 3.05) is 6.61 Å². The maximum absolute atomic E-state index is 12.4. The van der Waals surface area contributed by atoms with E-state index in [0.717, 1.165) is 6.07 Å². The van der Waals surface area contributed by atoms with Gasteiger partial charge < -0.3 is 4.74 Å². The molecule has 0 unspecified atom stereocenters. The van der Waals surface area contributed by atoms with E-state index in [1.807, 2.05) is 0 Å². The molecular weight excluding hydrogens is 217 g/mol. The molecule has 0 radical (unpaired) electrons. The minimum Gasteiger partial charge on any atom is -0.493 e. The lowest BCUT2D eigenvalue weighted by Crippen LogP contribution is -2.08. The van der Waals surface area contributed by atoms with Gasteiger partial charge in [-0.2, -0.15) is 13.2 Å². The molecule has 0 saturated heterocycles. The first-order chi connectivity index (χ1) is 6.45. The Morgan fingerprint density at radius 3 is 2.50 bits per heavy atom. The van der Waals surface area contributed by atoms with E-state index in [9.17, 15) is 13.2 Å². The van der Waals surface area contributed by atoms with Gasteiger partial charge in [-0.1, -0.05) is 11.6 Å². The second-order valence-corrected chi connectivity index (χ2v) is 3.01. The van der Waals surface area contributed by atoms with Gasteiger partial charge in [0.25, 0.3) is 0 Å². The standard InChI is InChI=1S/C9H8ClF3O/c1-2-14-8-4-3-6(10)5-7(8)9(11,12)13/h3-5H,2H2,1H3. The molecule has 1 nitrogen and oxygen atoms in total. The Balaban J connectivity index is 3.16. The molecule has 0 amide bonds. The van der Waals surface area contributed by atoms with Crippen LogP contribution in [0.2, 0.25) is 5.02 Å². The SMILES string of the molecule is CCOc1ccc(Cl)cc1C(F)(F)F. The van der Waals surface area contributed by atoms with E-state index in [1.165, 1.54) is 12.1 Å². The van der Waals surface area contributed by atoms with Crippen molar-refractivity contribution < 1.29 is 17.9 Å². The average molecular weight is 225 g/mol. The lowest BCUT2D eigenvalue weighted by atomic mass is 10.2. The van der Waals surface area contributed by atoms with Gasteiger partial charge in [0, 0.05) is 5.02 Å². The highest BCUT2D eigenvalue weighted by Crippen LogP contribution is 2.37. The second-order valence-electron chi connectivity index (χ2n) is 2.57. The molecule has 0 aliphatic rings. The third-order valence-corrected chi connectivity index (χ3v) is 1.78. The molecular formula is C9H8ClF3O. The Bertz CT molecular complexity index is 322. The zero-order chi connectivity index (χ0) is 10.8. The largest absolute Gasteiger partial charge is 0.493 e. The molecule has 0 saturated carbocycles. The van der Waals surface area contributed by atoms with Crippen LogP contribution < -0.4 is 4.74 Å². The van der Waals surface area contributed by atoms with E-state index in [4.69, 9.17) is 16.3 Å². The third kappa shape index (κ3) is 2.54. The molecule has 0 bridgehead atoms.